The molecule has 0 aliphatic heterocycles. The van der Waals surface area contributed by atoms with E-state index in [9.17, 15) is 0 Å². The molecule has 65 valence electrons. The number of hydrogen-bond donors (Lipinski definition) is 0. The van der Waals surface area contributed by atoms with Crippen LogP contribution >= 0.6 is 7.26 Å². The Morgan fingerprint density at radius 2 is 0.900 bits per heavy atom. The van der Waals surface area contributed by atoms with Crippen molar-refractivity contribution < 1.29 is 5.48 Å². The van der Waals surface area contributed by atoms with Crippen LogP contribution in [0.2, 0.25) is 0 Å². The van der Waals surface area contributed by atoms with Crippen molar-refractivity contribution in [2.45, 2.75) is 27.7 Å². The lowest BCUT2D eigenvalue weighted by molar-refractivity contribution is 0.824. The van der Waals surface area contributed by atoms with Crippen molar-refractivity contribution in [2.24, 2.45) is 0 Å². The molecule has 0 amide bonds. The van der Waals surface area contributed by atoms with E-state index < -0.39 is 7.26 Å². The van der Waals surface area contributed by atoms with Gasteiger partial charge in [0.15, 0.2) is 0 Å². The van der Waals surface area contributed by atoms with E-state index in [-0.39, 0.29) is 5.48 Å². The molecule has 0 atom stereocenters. The highest BCUT2D eigenvalue weighted by molar-refractivity contribution is 7.75. The van der Waals surface area contributed by atoms with Gasteiger partial charge in [-0.2, -0.15) is 0 Å². The molecule has 1 nitrogen and oxygen atoms in total. The van der Waals surface area contributed by atoms with E-state index in [1.165, 1.54) is 24.6 Å². The molecule has 0 fully saturated rings. The molecular formula is C8H22OP. The van der Waals surface area contributed by atoms with Crippen LogP contribution in [0.3, 0.4) is 0 Å². The topological polar surface area (TPSA) is 31.5 Å². The van der Waals surface area contributed by atoms with Crippen molar-refractivity contribution in [1.82, 2.24) is 0 Å². The van der Waals surface area contributed by atoms with E-state index in [1.807, 2.05) is 0 Å². The zero-order valence-corrected chi connectivity index (χ0v) is 8.67. The van der Waals surface area contributed by atoms with Gasteiger partial charge < -0.3 is 5.48 Å². The van der Waals surface area contributed by atoms with Gasteiger partial charge in [-0.3, -0.25) is 0 Å². The van der Waals surface area contributed by atoms with Crippen LogP contribution in [0.15, 0.2) is 0 Å². The molecule has 0 saturated heterocycles. The summed E-state index contributed by atoms with van der Waals surface area (Å²) in [6.45, 7) is 9.41. The van der Waals surface area contributed by atoms with Crippen molar-refractivity contribution in [3.63, 3.8) is 0 Å². The first-order valence-corrected chi connectivity index (χ1v) is 6.62. The Morgan fingerprint density at radius 1 is 0.700 bits per heavy atom. The molecule has 0 aromatic rings. The molecule has 0 aliphatic rings. The lowest BCUT2D eigenvalue weighted by atomic mass is 10.9. The van der Waals surface area contributed by atoms with Crippen LogP contribution in [-0.2, 0) is 0 Å². The summed E-state index contributed by atoms with van der Waals surface area (Å²) in [6.07, 6.45) is 5.82. The van der Waals surface area contributed by atoms with Gasteiger partial charge in [-0.25, -0.2) is 0 Å². The fourth-order valence-corrected chi connectivity index (χ4v) is 4.02. The lowest BCUT2D eigenvalue weighted by Gasteiger charge is -2.31. The van der Waals surface area contributed by atoms with E-state index >= 15 is 0 Å². The van der Waals surface area contributed by atoms with E-state index in [0.717, 1.165) is 0 Å². The zero-order chi connectivity index (χ0) is 7.33. The van der Waals surface area contributed by atoms with Gasteiger partial charge in [-0.1, -0.05) is 27.7 Å². The first-order chi connectivity index (χ1) is 4.24. The van der Waals surface area contributed by atoms with Gasteiger partial charge in [0, 0.05) is 0 Å². The fourth-order valence-electron chi connectivity index (χ4n) is 1.34. The van der Waals surface area contributed by atoms with Crippen LogP contribution in [0.25, 0.3) is 0 Å². The minimum absolute atomic E-state index is 0. The first-order valence-electron chi connectivity index (χ1n) is 4.09. The van der Waals surface area contributed by atoms with Crippen LogP contribution in [0, 0.1) is 0 Å². The molecule has 0 aliphatic carbocycles. The Morgan fingerprint density at radius 3 is 0.900 bits per heavy atom. The monoisotopic (exact) mass is 165 g/mol. The molecule has 2 heteroatoms. The maximum atomic E-state index is 2.35. The molecule has 0 saturated carbocycles. The van der Waals surface area contributed by atoms with Crippen molar-refractivity contribution in [1.29, 1.82) is 0 Å². The third-order valence-electron chi connectivity index (χ3n) is 2.68. The summed E-state index contributed by atoms with van der Waals surface area (Å²) >= 11 is 0. The van der Waals surface area contributed by atoms with Gasteiger partial charge in [0.25, 0.3) is 0 Å². The molecule has 0 heterocycles. The lowest BCUT2D eigenvalue weighted by Crippen LogP contribution is -2.04. The van der Waals surface area contributed by atoms with Crippen molar-refractivity contribution in [3.8, 4) is 0 Å². The molecule has 10 heavy (non-hydrogen) atoms. The molecule has 0 aromatic carbocycles. The standard InChI is InChI=1S/C8H20P.H2O/c1-5-9(6-2,7-3)8-4;/h5-8H2,1-4H3;1H2. The summed E-state index contributed by atoms with van der Waals surface area (Å²) < 4.78 is 0. The van der Waals surface area contributed by atoms with Gasteiger partial charge in [-0.15, -0.1) is 7.26 Å². The van der Waals surface area contributed by atoms with Crippen LogP contribution in [-0.4, -0.2) is 30.1 Å². The van der Waals surface area contributed by atoms with Crippen molar-refractivity contribution in [2.75, 3.05) is 24.6 Å². The largest absolute Gasteiger partial charge is 0.412 e. The summed E-state index contributed by atoms with van der Waals surface area (Å²) in [5.41, 5.74) is 0. The SMILES string of the molecule is CC[P](CC)(CC)CC.O. The van der Waals surface area contributed by atoms with Gasteiger partial charge >= 0.3 is 0 Å². The van der Waals surface area contributed by atoms with Crippen LogP contribution in [0.5, 0.6) is 0 Å². The van der Waals surface area contributed by atoms with Gasteiger partial charge in [0.2, 0.25) is 0 Å². The third-order valence-corrected chi connectivity index (χ3v) is 8.05. The van der Waals surface area contributed by atoms with Crippen LogP contribution in [0.4, 0.5) is 0 Å². The second kappa shape index (κ2) is 6.12. The highest BCUT2D eigenvalue weighted by atomic mass is 31.2. The highest BCUT2D eigenvalue weighted by Gasteiger charge is 2.16. The van der Waals surface area contributed by atoms with Gasteiger partial charge in [-0.05, 0) is 24.6 Å². The normalized spacial score (nSPS) is 10.8. The second-order valence-electron chi connectivity index (χ2n) is 2.61. The number of hydrogen-bond acceptors (Lipinski definition) is 0. The molecular weight excluding hydrogens is 143 g/mol. The molecule has 2 N–H and O–H groups in total. The molecule has 0 aromatic heterocycles. The van der Waals surface area contributed by atoms with Gasteiger partial charge in [0.05, 0.1) is 0 Å². The van der Waals surface area contributed by atoms with Crippen LogP contribution < -0.4 is 0 Å². The van der Waals surface area contributed by atoms with E-state index in [0.29, 0.717) is 0 Å². The van der Waals surface area contributed by atoms with Crippen molar-refractivity contribution >= 4 is 7.26 Å². The molecule has 0 rings (SSSR count). The highest BCUT2D eigenvalue weighted by Crippen LogP contribution is 2.57. The minimum Gasteiger partial charge on any atom is -0.412 e. The van der Waals surface area contributed by atoms with E-state index in [4.69, 9.17) is 0 Å². The maximum absolute atomic E-state index is 2.35. The van der Waals surface area contributed by atoms with Crippen molar-refractivity contribution in [3.05, 3.63) is 0 Å². The second-order valence-corrected chi connectivity index (χ2v) is 7.82. The zero-order valence-electron chi connectivity index (χ0n) is 7.78. The maximum Gasteiger partial charge on any atom is -0.0388 e. The Kier molecular flexibility index (Phi) is 7.97. The average Bonchev–Trinajstić information content (AvgIpc) is 1.95. The predicted molar refractivity (Wildman–Crippen MR) is 52.7 cm³/mol. The van der Waals surface area contributed by atoms with Crippen LogP contribution in [0.1, 0.15) is 27.7 Å². The van der Waals surface area contributed by atoms with E-state index in [1.54, 1.807) is 0 Å². The molecule has 1 radical (unpaired) electrons. The first kappa shape index (κ1) is 13.0. The Bertz CT molecular complexity index is 52.1. The molecule has 0 bridgehead atoms. The van der Waals surface area contributed by atoms with Gasteiger partial charge in [0.1, 0.15) is 0 Å². The summed E-state index contributed by atoms with van der Waals surface area (Å²) in [4.78, 5) is 0. The Hall–Kier alpha value is 0.390. The molecule has 0 unspecified atom stereocenters. The summed E-state index contributed by atoms with van der Waals surface area (Å²) in [5.74, 6) is 0. The molecule has 0 spiro atoms. The third kappa shape index (κ3) is 2.98. The quantitative estimate of drug-likeness (QED) is 0.572. The van der Waals surface area contributed by atoms with E-state index in [2.05, 4.69) is 27.7 Å². The summed E-state index contributed by atoms with van der Waals surface area (Å²) in [5, 5.41) is 0. The number of rotatable bonds is 4. The summed E-state index contributed by atoms with van der Waals surface area (Å²) in [6, 6.07) is 0. The Balaban J connectivity index is 0. The average molecular weight is 165 g/mol. The minimum atomic E-state index is -0.420. The fraction of sp³-hybridized carbons (Fsp3) is 1.00. The smallest absolute Gasteiger partial charge is 0.0388 e. The Labute approximate surface area is 65.9 Å². The summed E-state index contributed by atoms with van der Waals surface area (Å²) in [7, 11) is -0.420. The predicted octanol–water partition coefficient (Wildman–Crippen LogP) is 2.26.